The molecule has 5 heterocycles. The van der Waals surface area contributed by atoms with Gasteiger partial charge in [0.05, 0.1) is 118 Å². The number of pyridine rings is 1. The summed E-state index contributed by atoms with van der Waals surface area (Å²) in [5.74, 6) is -0.659. The van der Waals surface area contributed by atoms with Crippen LogP contribution in [0.1, 0.15) is 89.8 Å². The van der Waals surface area contributed by atoms with Crippen molar-refractivity contribution in [3.8, 4) is 32.7 Å². The van der Waals surface area contributed by atoms with Gasteiger partial charge in [-0.05, 0) is 66.7 Å². The Morgan fingerprint density at radius 1 is 0.795 bits per heavy atom. The number of rotatable bonds is 29. The second kappa shape index (κ2) is 28.3. The molecular formula is C60H77ClN6O10S. The molecule has 2 saturated heterocycles. The lowest BCUT2D eigenvalue weighted by Gasteiger charge is -2.40. The average Bonchev–Trinajstić information content (AvgIpc) is 4.35. The first-order chi connectivity index (χ1) is 37.7. The third-order valence-corrected chi connectivity index (χ3v) is 16.8. The minimum absolute atomic E-state index is 0.0281. The normalized spacial score (nSPS) is 17.8. The molecule has 1 N–H and O–H groups in total. The average molecular weight is 1110 g/mol. The second-order valence-electron chi connectivity index (χ2n) is 21.9. The minimum Gasteiger partial charge on any atom is -0.391 e. The molecule has 1 amide bonds. The van der Waals surface area contributed by atoms with Gasteiger partial charge in [-0.25, -0.2) is 4.98 Å². The SMILES string of the molecule is Cc1ncsc1-c1ccc(CCC(=O)[C@@H]2C[C@@H](O)CN2C(=O)[C@@H](CC(=O)CCOCCOCCOCCOCCOCCn2cc(-c3ccc(-c4cncc(Cl)c4N4CCC5(CCCC5=O)CC4)cc3)cn2)C(C)(C)C)cc1. The van der Waals surface area contributed by atoms with Crippen molar-refractivity contribution in [1.82, 2.24) is 24.6 Å². The van der Waals surface area contributed by atoms with E-state index in [1.54, 1.807) is 17.5 Å². The van der Waals surface area contributed by atoms with E-state index in [1.807, 2.05) is 80.7 Å². The highest BCUT2D eigenvalue weighted by molar-refractivity contribution is 7.13. The van der Waals surface area contributed by atoms with Crippen LogP contribution in [0, 0.1) is 23.7 Å². The second-order valence-corrected chi connectivity index (χ2v) is 23.2. The lowest BCUT2D eigenvalue weighted by atomic mass is 9.76. The van der Waals surface area contributed by atoms with Crippen LogP contribution in [-0.2, 0) is 55.8 Å². The summed E-state index contributed by atoms with van der Waals surface area (Å²) < 4.78 is 30.2. The quantitative estimate of drug-likeness (QED) is 0.0447. The Morgan fingerprint density at radius 3 is 2.04 bits per heavy atom. The smallest absolute Gasteiger partial charge is 0.227 e. The molecule has 78 heavy (non-hydrogen) atoms. The molecule has 0 bridgehead atoms. The van der Waals surface area contributed by atoms with Crippen molar-refractivity contribution >= 4 is 51.9 Å². The number of anilines is 1. The van der Waals surface area contributed by atoms with Crippen LogP contribution < -0.4 is 4.90 Å². The Hall–Kier alpha value is -5.24. The lowest BCUT2D eigenvalue weighted by molar-refractivity contribution is -0.146. The van der Waals surface area contributed by atoms with E-state index in [4.69, 9.17) is 35.3 Å². The molecule has 2 aliphatic heterocycles. The van der Waals surface area contributed by atoms with E-state index < -0.39 is 23.5 Å². The number of halogens is 1. The largest absolute Gasteiger partial charge is 0.391 e. The van der Waals surface area contributed by atoms with E-state index in [0.717, 1.165) is 94.8 Å². The van der Waals surface area contributed by atoms with E-state index in [0.29, 0.717) is 83.2 Å². The van der Waals surface area contributed by atoms with Gasteiger partial charge < -0.3 is 38.6 Å². The summed E-state index contributed by atoms with van der Waals surface area (Å²) in [7, 11) is 0. The van der Waals surface area contributed by atoms with E-state index in [-0.39, 0.29) is 61.7 Å². The van der Waals surface area contributed by atoms with Crippen molar-refractivity contribution in [3.05, 3.63) is 95.1 Å². The Balaban J connectivity index is 0.633. The number of hydrogen-bond acceptors (Lipinski definition) is 15. The highest BCUT2D eigenvalue weighted by Crippen LogP contribution is 2.47. The molecule has 5 aromatic rings. The molecule has 420 valence electrons. The molecule has 3 fully saturated rings. The van der Waals surface area contributed by atoms with E-state index in [1.165, 1.54) is 4.90 Å². The van der Waals surface area contributed by atoms with Gasteiger partial charge in [0.15, 0.2) is 5.78 Å². The maximum Gasteiger partial charge on any atom is 0.227 e. The zero-order valence-corrected chi connectivity index (χ0v) is 47.4. The van der Waals surface area contributed by atoms with Crippen LogP contribution in [0.3, 0.4) is 0 Å². The predicted molar refractivity (Wildman–Crippen MR) is 302 cm³/mol. The standard InChI is InChI=1S/C60H77ClN6O10S/c1-42-57(78-41-63-42)46-10-7-43(8-11-46)9-16-54(70)53-35-49(69)40-67(53)58(72)51(59(2,3)4)34-48(68)17-24-73-26-28-75-30-32-77-33-31-76-29-27-74-25-23-66-39-47(36-64-66)44-12-14-45(15-13-44)50-37-62-38-52(61)56(50)65-21-19-60(20-22-65)18-5-6-55(60)71/h7-8,10-15,36-39,41,49,51,53,69H,5-6,9,16-35,40H2,1-4H3/t49-,51-,53+/m1/s1. The van der Waals surface area contributed by atoms with Crippen LogP contribution in [0.25, 0.3) is 32.7 Å². The molecule has 8 rings (SSSR count). The minimum atomic E-state index is -0.795. The fraction of sp³-hybridized carbons (Fsp3) is 0.550. The molecule has 0 radical (unpaired) electrons. The van der Waals surface area contributed by atoms with E-state index in [2.05, 4.69) is 44.2 Å². The van der Waals surface area contributed by atoms with Crippen molar-refractivity contribution in [1.29, 1.82) is 0 Å². The number of β-amino-alcohol motifs (C(OH)–C–C–N with tert-alkyl or cyclic N) is 1. The maximum atomic E-state index is 14.1. The number of ketones is 3. The molecular weight excluding hydrogens is 1030 g/mol. The number of aliphatic hydroxyl groups excluding tert-OH is 1. The van der Waals surface area contributed by atoms with Crippen molar-refractivity contribution in [2.75, 3.05) is 90.6 Å². The number of hydrogen-bond donors (Lipinski definition) is 1. The predicted octanol–water partition coefficient (Wildman–Crippen LogP) is 9.30. The van der Waals surface area contributed by atoms with Crippen molar-refractivity contribution in [2.45, 2.75) is 111 Å². The Bertz CT molecular complexity index is 2750. The number of carbonyl (C=O) groups is 4. The first-order valence-corrected chi connectivity index (χ1v) is 28.9. The number of nitrogens with zero attached hydrogens (tertiary/aromatic N) is 6. The first kappa shape index (κ1) is 58.9. The number of likely N-dealkylation sites (tertiary alicyclic amines) is 1. The fourth-order valence-electron chi connectivity index (χ4n) is 10.9. The third kappa shape index (κ3) is 15.8. The van der Waals surface area contributed by atoms with Crippen molar-refractivity contribution in [2.24, 2.45) is 16.7 Å². The van der Waals surface area contributed by atoms with Crippen LogP contribution >= 0.6 is 22.9 Å². The molecule has 16 nitrogen and oxygen atoms in total. The fourth-order valence-corrected chi connectivity index (χ4v) is 12.0. The van der Waals surface area contributed by atoms with Gasteiger partial charge in [0.25, 0.3) is 0 Å². The summed E-state index contributed by atoms with van der Waals surface area (Å²) >= 11 is 8.37. The van der Waals surface area contributed by atoms with Gasteiger partial charge in [-0.15, -0.1) is 11.3 Å². The molecule has 1 spiro atoms. The summed E-state index contributed by atoms with van der Waals surface area (Å²) in [6, 6.07) is 15.8. The number of aliphatic hydroxyl groups is 1. The van der Waals surface area contributed by atoms with Crippen molar-refractivity contribution in [3.63, 3.8) is 0 Å². The van der Waals surface area contributed by atoms with Crippen LogP contribution in [-0.4, -0.2) is 151 Å². The van der Waals surface area contributed by atoms with Gasteiger partial charge in [-0.3, -0.25) is 28.8 Å². The number of piperidine rings is 1. The van der Waals surface area contributed by atoms with E-state index >= 15 is 0 Å². The van der Waals surface area contributed by atoms with Gasteiger partial charge in [0.2, 0.25) is 5.91 Å². The Morgan fingerprint density at radius 2 is 1.42 bits per heavy atom. The van der Waals surface area contributed by atoms with Crippen molar-refractivity contribution < 1.29 is 48.0 Å². The summed E-state index contributed by atoms with van der Waals surface area (Å²) in [5.41, 5.74) is 9.32. The number of benzene rings is 2. The topological polar surface area (TPSA) is 185 Å². The van der Waals surface area contributed by atoms with Crippen LogP contribution in [0.2, 0.25) is 5.02 Å². The number of thiazole rings is 1. The number of amides is 1. The summed E-state index contributed by atoms with van der Waals surface area (Å²) in [5, 5.41) is 15.8. The summed E-state index contributed by atoms with van der Waals surface area (Å²) in [6.45, 7) is 14.0. The van der Waals surface area contributed by atoms with Crippen LogP contribution in [0.5, 0.6) is 0 Å². The number of ether oxygens (including phenoxy) is 5. The number of carbonyl (C=O) groups excluding carboxylic acids is 4. The highest BCUT2D eigenvalue weighted by Gasteiger charge is 2.45. The van der Waals surface area contributed by atoms with E-state index in [9.17, 15) is 24.3 Å². The highest BCUT2D eigenvalue weighted by atomic mass is 35.5. The summed E-state index contributed by atoms with van der Waals surface area (Å²) in [6.07, 6.45) is 12.3. The Kier molecular flexibility index (Phi) is 21.3. The molecule has 0 unspecified atom stereocenters. The van der Waals surface area contributed by atoms with Crippen LogP contribution in [0.15, 0.2) is 78.8 Å². The number of Topliss-reactive ketones (excluding diaryl/α,β-unsaturated/α-hetero) is 3. The van der Waals surface area contributed by atoms with Gasteiger partial charge in [-0.2, -0.15) is 5.10 Å². The number of aryl methyl sites for hydroxylation is 2. The molecule has 3 atom stereocenters. The van der Waals surface area contributed by atoms with Gasteiger partial charge in [0.1, 0.15) is 11.6 Å². The molecule has 2 aromatic carbocycles. The molecule has 1 saturated carbocycles. The first-order valence-electron chi connectivity index (χ1n) is 27.7. The summed E-state index contributed by atoms with van der Waals surface area (Å²) in [4.78, 5) is 67.2. The molecule has 3 aliphatic rings. The Labute approximate surface area is 468 Å². The van der Waals surface area contributed by atoms with Gasteiger partial charge in [0, 0.05) is 92.8 Å². The number of aromatic nitrogens is 4. The van der Waals surface area contributed by atoms with Gasteiger partial charge >= 0.3 is 0 Å². The maximum absolute atomic E-state index is 14.1. The zero-order chi connectivity index (χ0) is 55.1. The van der Waals surface area contributed by atoms with Gasteiger partial charge in [-0.1, -0.05) is 80.9 Å². The molecule has 18 heteroatoms. The molecule has 3 aromatic heterocycles. The molecule has 1 aliphatic carbocycles. The lowest BCUT2D eigenvalue weighted by Crippen LogP contribution is -2.47. The monoisotopic (exact) mass is 1110 g/mol. The zero-order valence-electron chi connectivity index (χ0n) is 45.8. The third-order valence-electron chi connectivity index (χ3n) is 15.5. The van der Waals surface area contributed by atoms with Crippen LogP contribution in [0.4, 0.5) is 5.69 Å².